The van der Waals surface area contributed by atoms with Gasteiger partial charge in [0.1, 0.15) is 0 Å². The third kappa shape index (κ3) is 3.18. The molecule has 2 heterocycles. The first-order chi connectivity index (χ1) is 13.9. The fraction of sp³-hybridized carbons (Fsp3) is 0.429. The maximum absolute atomic E-state index is 12.7. The Balaban J connectivity index is 1.45. The Hall–Kier alpha value is -3.16. The summed E-state index contributed by atoms with van der Waals surface area (Å²) in [6.07, 6.45) is 4.50. The van der Waals surface area contributed by atoms with Crippen molar-refractivity contribution < 1.29 is 4.79 Å². The van der Waals surface area contributed by atoms with Crippen molar-refractivity contribution in [1.29, 1.82) is 0 Å². The van der Waals surface area contributed by atoms with Crippen molar-refractivity contribution in [2.24, 2.45) is 14.1 Å². The van der Waals surface area contributed by atoms with E-state index in [1.165, 1.54) is 22.7 Å². The molecule has 1 amide bonds. The molecule has 152 valence electrons. The van der Waals surface area contributed by atoms with Crippen LogP contribution in [0.2, 0.25) is 0 Å². The fourth-order valence-electron chi connectivity index (χ4n) is 4.25. The first-order valence-corrected chi connectivity index (χ1v) is 9.84. The second-order valence-electron chi connectivity index (χ2n) is 7.68. The highest BCUT2D eigenvalue weighted by molar-refractivity contribution is 5.76. The van der Waals surface area contributed by atoms with E-state index in [4.69, 9.17) is 0 Å². The summed E-state index contributed by atoms with van der Waals surface area (Å²) in [6, 6.07) is 8.43. The third-order valence-corrected chi connectivity index (χ3v) is 5.97. The van der Waals surface area contributed by atoms with Gasteiger partial charge >= 0.3 is 5.69 Å². The number of rotatable bonds is 5. The average Bonchev–Trinajstić information content (AvgIpc) is 3.34. The molecule has 3 aromatic rings. The Morgan fingerprint density at radius 2 is 1.97 bits per heavy atom. The van der Waals surface area contributed by atoms with E-state index in [-0.39, 0.29) is 17.5 Å². The Morgan fingerprint density at radius 1 is 1.21 bits per heavy atom. The van der Waals surface area contributed by atoms with Crippen molar-refractivity contribution in [3.05, 3.63) is 62.6 Å². The zero-order valence-corrected chi connectivity index (χ0v) is 17.0. The van der Waals surface area contributed by atoms with Gasteiger partial charge in [-0.15, -0.1) is 0 Å². The van der Waals surface area contributed by atoms with Crippen LogP contribution in [0.1, 0.15) is 36.4 Å². The molecule has 1 aromatic carbocycles. The molecule has 1 atom stereocenters. The first kappa shape index (κ1) is 19.2. The lowest BCUT2D eigenvalue weighted by Gasteiger charge is -2.25. The maximum Gasteiger partial charge on any atom is 0.332 e. The topological polar surface area (TPSA) is 82.1 Å². The lowest BCUT2D eigenvalue weighted by molar-refractivity contribution is -0.132. The minimum absolute atomic E-state index is 0.0939. The molecule has 1 aliphatic carbocycles. The molecule has 1 aliphatic rings. The number of benzene rings is 1. The van der Waals surface area contributed by atoms with Gasteiger partial charge in [0.15, 0.2) is 11.2 Å². The Morgan fingerprint density at radius 3 is 2.76 bits per heavy atom. The number of fused-ring (bicyclic) bond motifs is 2. The molecule has 0 bridgehead atoms. The molecule has 0 N–H and O–H groups in total. The van der Waals surface area contributed by atoms with Crippen molar-refractivity contribution in [3.63, 3.8) is 0 Å². The smallest absolute Gasteiger partial charge is 0.332 e. The van der Waals surface area contributed by atoms with E-state index in [0.29, 0.717) is 30.6 Å². The minimum Gasteiger partial charge on any atom is -0.339 e. The normalized spacial score (nSPS) is 15.6. The number of hydrogen-bond donors (Lipinski definition) is 0. The quantitative estimate of drug-likeness (QED) is 0.653. The van der Waals surface area contributed by atoms with Crippen LogP contribution in [0.15, 0.2) is 40.2 Å². The van der Waals surface area contributed by atoms with E-state index in [9.17, 15) is 14.4 Å². The molecule has 0 saturated heterocycles. The first-order valence-electron chi connectivity index (χ1n) is 9.84. The van der Waals surface area contributed by atoms with Crippen LogP contribution in [0.4, 0.5) is 0 Å². The predicted octanol–water partition coefficient (Wildman–Crippen LogP) is 1.36. The highest BCUT2D eigenvalue weighted by Crippen LogP contribution is 2.35. The Kier molecular flexibility index (Phi) is 4.86. The van der Waals surface area contributed by atoms with Gasteiger partial charge < -0.3 is 9.47 Å². The fourth-order valence-corrected chi connectivity index (χ4v) is 4.25. The minimum atomic E-state index is -0.401. The van der Waals surface area contributed by atoms with Crippen molar-refractivity contribution in [1.82, 2.24) is 23.6 Å². The van der Waals surface area contributed by atoms with Crippen LogP contribution in [0.5, 0.6) is 0 Å². The van der Waals surface area contributed by atoms with Crippen LogP contribution in [-0.2, 0) is 31.9 Å². The second kappa shape index (κ2) is 7.35. The maximum atomic E-state index is 12.7. The summed E-state index contributed by atoms with van der Waals surface area (Å²) in [5, 5.41) is 0. The van der Waals surface area contributed by atoms with Crippen molar-refractivity contribution in [3.8, 4) is 0 Å². The van der Waals surface area contributed by atoms with Crippen LogP contribution in [0, 0.1) is 0 Å². The number of amides is 1. The summed E-state index contributed by atoms with van der Waals surface area (Å²) in [7, 11) is 4.92. The molecule has 0 fully saturated rings. The molecule has 29 heavy (non-hydrogen) atoms. The van der Waals surface area contributed by atoms with Crippen LogP contribution < -0.4 is 11.2 Å². The Bertz CT molecular complexity index is 1200. The molecule has 8 heteroatoms. The summed E-state index contributed by atoms with van der Waals surface area (Å²) < 4.78 is 4.18. The van der Waals surface area contributed by atoms with Gasteiger partial charge in [0.05, 0.1) is 12.4 Å². The molecule has 4 rings (SSSR count). The molecule has 1 unspecified atom stereocenters. The van der Waals surface area contributed by atoms with Gasteiger partial charge in [-0.2, -0.15) is 0 Å². The summed E-state index contributed by atoms with van der Waals surface area (Å²) in [5.41, 5.74) is 2.55. The number of hydrogen-bond acceptors (Lipinski definition) is 4. The average molecular weight is 395 g/mol. The second-order valence-corrected chi connectivity index (χ2v) is 7.68. The number of aromatic nitrogens is 4. The predicted molar refractivity (Wildman–Crippen MR) is 110 cm³/mol. The number of carbonyl (C=O) groups is 1. The number of carbonyl (C=O) groups excluding carboxylic acids is 1. The summed E-state index contributed by atoms with van der Waals surface area (Å²) in [5.74, 6) is 0.0939. The highest BCUT2D eigenvalue weighted by Gasteiger charge is 2.28. The highest BCUT2D eigenvalue weighted by atomic mass is 16.2. The Labute approximate surface area is 168 Å². The van der Waals surface area contributed by atoms with Crippen molar-refractivity contribution in [2.45, 2.75) is 38.3 Å². The van der Waals surface area contributed by atoms with E-state index in [1.807, 2.05) is 24.1 Å². The van der Waals surface area contributed by atoms with Gasteiger partial charge in [-0.1, -0.05) is 24.3 Å². The van der Waals surface area contributed by atoms with Crippen LogP contribution in [-0.4, -0.2) is 36.5 Å². The summed E-state index contributed by atoms with van der Waals surface area (Å²) >= 11 is 0. The van der Waals surface area contributed by atoms with Gasteiger partial charge in [-0.3, -0.25) is 18.7 Å². The number of imidazole rings is 1. The lowest BCUT2D eigenvalue weighted by Crippen LogP contribution is -2.37. The monoisotopic (exact) mass is 395 g/mol. The van der Waals surface area contributed by atoms with Gasteiger partial charge in [-0.05, 0) is 30.4 Å². The van der Waals surface area contributed by atoms with Gasteiger partial charge in [0.2, 0.25) is 5.91 Å². The molecule has 0 spiro atoms. The lowest BCUT2D eigenvalue weighted by atomic mass is 10.1. The zero-order valence-electron chi connectivity index (χ0n) is 17.0. The standard InChI is InChI=1S/C21H25N5O3/c1-23(16-11-10-14-7-4-5-8-15(14)16)17(27)9-6-12-26-13-22-19-18(26)20(28)25(3)21(29)24(19)2/h4-5,7-8,13,16H,6,9-12H2,1-3H3. The largest absolute Gasteiger partial charge is 0.339 e. The molecule has 0 aliphatic heterocycles. The van der Waals surface area contributed by atoms with Gasteiger partial charge in [-0.25, -0.2) is 9.78 Å². The van der Waals surface area contributed by atoms with E-state index >= 15 is 0 Å². The van der Waals surface area contributed by atoms with Crippen molar-refractivity contribution >= 4 is 17.1 Å². The number of nitrogens with zero attached hydrogens (tertiary/aromatic N) is 5. The molecule has 8 nitrogen and oxygen atoms in total. The zero-order chi connectivity index (χ0) is 20.7. The van der Waals surface area contributed by atoms with Crippen LogP contribution in [0.25, 0.3) is 11.2 Å². The molecular formula is C21H25N5O3. The molecular weight excluding hydrogens is 370 g/mol. The van der Waals surface area contributed by atoms with E-state index < -0.39 is 5.69 Å². The number of aryl methyl sites for hydroxylation is 3. The molecule has 0 saturated carbocycles. The third-order valence-electron chi connectivity index (χ3n) is 5.97. The SMILES string of the molecule is CN(C(=O)CCCn1cnc2c1c(=O)n(C)c(=O)n2C)C1CCc2ccccc21. The summed E-state index contributed by atoms with van der Waals surface area (Å²) in [6.45, 7) is 0.491. The van der Waals surface area contributed by atoms with Gasteiger partial charge in [0, 0.05) is 34.1 Å². The summed E-state index contributed by atoms with van der Waals surface area (Å²) in [4.78, 5) is 43.3. The van der Waals surface area contributed by atoms with Gasteiger partial charge in [0.25, 0.3) is 5.56 Å². The van der Waals surface area contributed by atoms with E-state index in [2.05, 4.69) is 17.1 Å². The molecule has 2 aromatic heterocycles. The van der Waals surface area contributed by atoms with Crippen LogP contribution >= 0.6 is 0 Å². The van der Waals surface area contributed by atoms with Crippen LogP contribution in [0.3, 0.4) is 0 Å². The van der Waals surface area contributed by atoms with Crippen molar-refractivity contribution in [2.75, 3.05) is 7.05 Å². The van der Waals surface area contributed by atoms with E-state index in [0.717, 1.165) is 17.4 Å². The molecule has 0 radical (unpaired) electrons. The van der Waals surface area contributed by atoms with E-state index in [1.54, 1.807) is 17.9 Å².